The lowest BCUT2D eigenvalue weighted by molar-refractivity contribution is -0.166. The van der Waals surface area contributed by atoms with Gasteiger partial charge < -0.3 is 14.4 Å². The van der Waals surface area contributed by atoms with Crippen LogP contribution in [-0.2, 0) is 18.8 Å². The molecule has 0 aromatic carbocycles. The second-order valence-corrected chi connectivity index (χ2v) is 2.43. The van der Waals surface area contributed by atoms with E-state index in [-0.39, 0.29) is 0 Å². The van der Waals surface area contributed by atoms with Crippen molar-refractivity contribution in [3.8, 4) is 0 Å². The molecule has 0 aromatic rings. The average Bonchev–Trinajstić information content (AvgIpc) is 2.02. The molecule has 0 aliphatic rings. The summed E-state index contributed by atoms with van der Waals surface area (Å²) in [6, 6.07) is 0. The van der Waals surface area contributed by atoms with E-state index in [4.69, 9.17) is 5.11 Å². The Bertz CT molecular complexity index is 179. The molecular formula is C6H11O5P. The summed E-state index contributed by atoms with van der Waals surface area (Å²) in [5, 5.41) is 8.69. The molecule has 0 radical (unpaired) electrons. The second-order valence-electron chi connectivity index (χ2n) is 2.19. The van der Waals surface area contributed by atoms with Crippen molar-refractivity contribution in [2.24, 2.45) is 0 Å². The fourth-order valence-electron chi connectivity index (χ4n) is 0.417. The first-order chi connectivity index (χ1) is 5.49. The Kier molecular flexibility index (Phi) is 4.78. The monoisotopic (exact) mass is 194 g/mol. The van der Waals surface area contributed by atoms with Crippen molar-refractivity contribution in [3.63, 3.8) is 0 Å². The summed E-state index contributed by atoms with van der Waals surface area (Å²) in [4.78, 5) is 21.4. The normalized spacial score (nSPS) is 14.7. The number of hydrogen-bond acceptors (Lipinski definition) is 5. The Balaban J connectivity index is 3.92. The Morgan fingerprint density at radius 2 is 1.83 bits per heavy atom. The highest BCUT2D eigenvalue weighted by atomic mass is 31.0. The molecule has 0 rings (SSSR count). The SMILES string of the molecule is C[C@H](O)C(=O)O[C@@H](C)C(=O)OP. The summed E-state index contributed by atoms with van der Waals surface area (Å²) < 4.78 is 8.70. The van der Waals surface area contributed by atoms with E-state index in [1.807, 2.05) is 0 Å². The van der Waals surface area contributed by atoms with Crippen LogP contribution in [-0.4, -0.2) is 29.3 Å². The summed E-state index contributed by atoms with van der Waals surface area (Å²) in [6.07, 6.45) is -2.23. The zero-order valence-electron chi connectivity index (χ0n) is 6.81. The topological polar surface area (TPSA) is 72.8 Å². The fraction of sp³-hybridized carbons (Fsp3) is 0.667. The first kappa shape index (κ1) is 11.3. The van der Waals surface area contributed by atoms with Gasteiger partial charge in [0.1, 0.15) is 6.10 Å². The molecule has 0 amide bonds. The molecule has 1 N–H and O–H groups in total. The van der Waals surface area contributed by atoms with Crippen LogP contribution < -0.4 is 0 Å². The zero-order chi connectivity index (χ0) is 9.72. The number of ether oxygens (including phenoxy) is 1. The van der Waals surface area contributed by atoms with Gasteiger partial charge in [0.2, 0.25) is 0 Å². The maximum absolute atomic E-state index is 10.7. The molecule has 5 nitrogen and oxygen atoms in total. The predicted octanol–water partition coefficient (Wildman–Crippen LogP) is -0.368. The van der Waals surface area contributed by atoms with Gasteiger partial charge in [-0.3, -0.25) is 0 Å². The van der Waals surface area contributed by atoms with Crippen molar-refractivity contribution >= 4 is 21.4 Å². The lowest BCUT2D eigenvalue weighted by atomic mass is 10.4. The Hall–Kier alpha value is -0.670. The molecule has 0 aliphatic heterocycles. The van der Waals surface area contributed by atoms with Gasteiger partial charge in [0.15, 0.2) is 6.10 Å². The van der Waals surface area contributed by atoms with E-state index in [0.717, 1.165) is 0 Å². The molecule has 3 atom stereocenters. The number of esters is 1. The van der Waals surface area contributed by atoms with E-state index in [9.17, 15) is 9.59 Å². The third-order valence-electron chi connectivity index (χ3n) is 1.08. The Morgan fingerprint density at radius 1 is 1.33 bits per heavy atom. The number of aliphatic hydroxyl groups is 1. The number of aliphatic hydroxyl groups excluding tert-OH is 1. The van der Waals surface area contributed by atoms with Gasteiger partial charge in [0.05, 0.1) is 9.47 Å². The molecular weight excluding hydrogens is 183 g/mol. The van der Waals surface area contributed by atoms with Crippen LogP contribution in [0.25, 0.3) is 0 Å². The first-order valence-electron chi connectivity index (χ1n) is 3.28. The molecule has 0 fully saturated rings. The van der Waals surface area contributed by atoms with E-state index in [0.29, 0.717) is 0 Å². The number of carbonyl (C=O) groups excluding carboxylic acids is 2. The Morgan fingerprint density at radius 3 is 2.17 bits per heavy atom. The van der Waals surface area contributed by atoms with Gasteiger partial charge in [-0.15, -0.1) is 0 Å². The largest absolute Gasteiger partial charge is 0.449 e. The predicted molar refractivity (Wildman–Crippen MR) is 43.0 cm³/mol. The van der Waals surface area contributed by atoms with Crippen LogP contribution in [0.15, 0.2) is 0 Å². The molecule has 0 bridgehead atoms. The van der Waals surface area contributed by atoms with E-state index >= 15 is 0 Å². The molecule has 0 aliphatic carbocycles. The minimum atomic E-state index is -1.23. The highest BCUT2D eigenvalue weighted by Crippen LogP contribution is 2.00. The lowest BCUT2D eigenvalue weighted by Crippen LogP contribution is -2.29. The van der Waals surface area contributed by atoms with Crippen molar-refractivity contribution in [3.05, 3.63) is 0 Å². The molecule has 1 unspecified atom stereocenters. The van der Waals surface area contributed by atoms with Crippen molar-refractivity contribution < 1.29 is 24.0 Å². The van der Waals surface area contributed by atoms with Crippen LogP contribution in [0.4, 0.5) is 0 Å². The van der Waals surface area contributed by atoms with E-state index < -0.39 is 24.1 Å². The summed E-state index contributed by atoms with van der Waals surface area (Å²) in [5.74, 6) is -1.54. The standard InChI is InChI=1S/C6H11O5P/c1-3(7)5(8)10-4(2)6(9)11-12/h3-4,7H,12H2,1-2H3/t3-,4-/m0/s1. The fourth-order valence-corrected chi connectivity index (χ4v) is 0.608. The molecule has 12 heavy (non-hydrogen) atoms. The van der Waals surface area contributed by atoms with E-state index in [2.05, 4.69) is 9.26 Å². The van der Waals surface area contributed by atoms with Gasteiger partial charge in [-0.2, -0.15) is 0 Å². The highest BCUT2D eigenvalue weighted by Gasteiger charge is 2.20. The number of carbonyl (C=O) groups is 2. The molecule has 70 valence electrons. The maximum atomic E-state index is 10.7. The third-order valence-corrected chi connectivity index (χ3v) is 1.31. The van der Waals surface area contributed by atoms with Crippen LogP contribution in [0.2, 0.25) is 0 Å². The summed E-state index contributed by atoms with van der Waals surface area (Å²) in [5.41, 5.74) is 0. The minimum Gasteiger partial charge on any atom is -0.449 e. The van der Waals surface area contributed by atoms with Gasteiger partial charge in [0.25, 0.3) is 0 Å². The van der Waals surface area contributed by atoms with Crippen LogP contribution in [0.1, 0.15) is 13.8 Å². The van der Waals surface area contributed by atoms with Gasteiger partial charge in [-0.05, 0) is 13.8 Å². The Labute approximate surface area is 72.3 Å². The number of rotatable bonds is 3. The highest BCUT2D eigenvalue weighted by molar-refractivity contribution is 7.10. The van der Waals surface area contributed by atoms with Crippen molar-refractivity contribution in [2.75, 3.05) is 0 Å². The van der Waals surface area contributed by atoms with Gasteiger partial charge in [-0.25, -0.2) is 9.59 Å². The van der Waals surface area contributed by atoms with Gasteiger partial charge in [0, 0.05) is 0 Å². The van der Waals surface area contributed by atoms with E-state index in [1.54, 1.807) is 9.47 Å². The molecule has 0 spiro atoms. The van der Waals surface area contributed by atoms with Crippen LogP contribution in [0, 0.1) is 0 Å². The molecule has 0 saturated carbocycles. The second kappa shape index (κ2) is 5.06. The average molecular weight is 194 g/mol. The first-order valence-corrected chi connectivity index (χ1v) is 3.75. The van der Waals surface area contributed by atoms with Crippen LogP contribution >= 0.6 is 9.47 Å². The number of hydrogen-bond donors (Lipinski definition) is 1. The van der Waals surface area contributed by atoms with Crippen LogP contribution in [0.5, 0.6) is 0 Å². The molecule has 0 saturated heterocycles. The maximum Gasteiger partial charge on any atom is 0.349 e. The third kappa shape index (κ3) is 3.64. The van der Waals surface area contributed by atoms with Gasteiger partial charge >= 0.3 is 11.9 Å². The molecule has 0 heterocycles. The quantitative estimate of drug-likeness (QED) is 0.490. The molecule has 6 heteroatoms. The van der Waals surface area contributed by atoms with Crippen molar-refractivity contribution in [1.29, 1.82) is 0 Å². The lowest BCUT2D eigenvalue weighted by Gasteiger charge is -2.11. The zero-order valence-corrected chi connectivity index (χ0v) is 7.97. The van der Waals surface area contributed by atoms with Crippen LogP contribution in [0.3, 0.4) is 0 Å². The van der Waals surface area contributed by atoms with Crippen molar-refractivity contribution in [2.45, 2.75) is 26.1 Å². The summed E-state index contributed by atoms with van der Waals surface area (Å²) in [7, 11) is 1.74. The summed E-state index contributed by atoms with van der Waals surface area (Å²) in [6.45, 7) is 2.60. The van der Waals surface area contributed by atoms with Gasteiger partial charge in [-0.1, -0.05) is 0 Å². The molecule has 0 aromatic heterocycles. The smallest absolute Gasteiger partial charge is 0.349 e. The summed E-state index contributed by atoms with van der Waals surface area (Å²) >= 11 is 0. The van der Waals surface area contributed by atoms with Crippen molar-refractivity contribution in [1.82, 2.24) is 0 Å². The van der Waals surface area contributed by atoms with E-state index in [1.165, 1.54) is 13.8 Å². The minimum absolute atomic E-state index is 0.686.